The molecule has 0 unspecified atom stereocenters. The average molecular weight is 396 g/mol. The molecular formula is C16H18ClN5OS2. The second-order valence-electron chi connectivity index (χ2n) is 5.55. The largest absolute Gasteiger partial charge is 0.337 e. The van der Waals surface area contributed by atoms with Crippen LogP contribution in [0.2, 0.25) is 4.34 Å². The van der Waals surface area contributed by atoms with Crippen molar-refractivity contribution in [3.63, 3.8) is 0 Å². The van der Waals surface area contributed by atoms with Gasteiger partial charge < -0.3 is 4.90 Å². The summed E-state index contributed by atoms with van der Waals surface area (Å²) in [6.07, 6.45) is 0. The van der Waals surface area contributed by atoms with Crippen molar-refractivity contribution >= 4 is 46.4 Å². The van der Waals surface area contributed by atoms with E-state index in [0.29, 0.717) is 29.8 Å². The van der Waals surface area contributed by atoms with E-state index in [4.69, 9.17) is 11.6 Å². The summed E-state index contributed by atoms with van der Waals surface area (Å²) in [4.78, 5) is 24.1. The Hall–Kier alpha value is -1.64. The van der Waals surface area contributed by atoms with Gasteiger partial charge in [0.25, 0.3) is 5.78 Å². The first-order valence-corrected chi connectivity index (χ1v) is 10.00. The minimum Gasteiger partial charge on any atom is -0.337 e. The maximum atomic E-state index is 12.5. The van der Waals surface area contributed by atoms with Crippen molar-refractivity contribution in [1.29, 1.82) is 0 Å². The number of rotatable bonds is 6. The maximum absolute atomic E-state index is 12.5. The van der Waals surface area contributed by atoms with Crippen molar-refractivity contribution in [1.82, 2.24) is 24.5 Å². The van der Waals surface area contributed by atoms with Crippen LogP contribution in [0.15, 0.2) is 23.4 Å². The van der Waals surface area contributed by atoms with Gasteiger partial charge in [0.2, 0.25) is 11.1 Å². The molecule has 6 nitrogen and oxygen atoms in total. The minimum atomic E-state index is 0.0525. The van der Waals surface area contributed by atoms with Gasteiger partial charge in [0.05, 0.1) is 16.6 Å². The van der Waals surface area contributed by atoms with Crippen LogP contribution in [-0.4, -0.2) is 42.7 Å². The van der Waals surface area contributed by atoms with Gasteiger partial charge in [-0.25, -0.2) is 9.50 Å². The van der Waals surface area contributed by atoms with Crippen molar-refractivity contribution in [3.8, 4) is 0 Å². The molecule has 3 aromatic heterocycles. The smallest absolute Gasteiger partial charge is 0.253 e. The molecule has 0 radical (unpaired) electrons. The summed E-state index contributed by atoms with van der Waals surface area (Å²) in [6, 6.07) is 5.76. The molecule has 9 heteroatoms. The topological polar surface area (TPSA) is 63.4 Å². The number of hydrogen-bond acceptors (Lipinski definition) is 6. The first kappa shape index (κ1) is 18.2. The lowest BCUT2D eigenvalue weighted by Gasteiger charge is -2.19. The van der Waals surface area contributed by atoms with Crippen molar-refractivity contribution in [3.05, 3.63) is 38.8 Å². The van der Waals surface area contributed by atoms with E-state index in [0.717, 1.165) is 20.6 Å². The van der Waals surface area contributed by atoms with E-state index < -0.39 is 0 Å². The quantitative estimate of drug-likeness (QED) is 0.597. The standard InChI is InChI=1S/C16H18ClN5OS2/c1-4-21(8-12-5-6-13(17)25-12)14(23)9-24-16-19-15-18-10(2)7-11(3)22(15)20-16/h5-7H,4,8-9H2,1-3H3. The molecule has 0 spiro atoms. The normalized spacial score (nSPS) is 11.2. The monoisotopic (exact) mass is 395 g/mol. The summed E-state index contributed by atoms with van der Waals surface area (Å²) in [5.41, 5.74) is 1.87. The third-order valence-electron chi connectivity index (χ3n) is 3.63. The number of fused-ring (bicyclic) bond motifs is 1. The molecule has 0 saturated carbocycles. The number of thioether (sulfide) groups is 1. The fourth-order valence-corrected chi connectivity index (χ4v) is 4.25. The van der Waals surface area contributed by atoms with Crippen LogP contribution in [0.25, 0.3) is 5.78 Å². The highest BCUT2D eigenvalue weighted by Crippen LogP contribution is 2.23. The molecule has 132 valence electrons. The predicted octanol–water partition coefficient (Wildman–Crippen LogP) is 3.60. The zero-order valence-corrected chi connectivity index (χ0v) is 16.6. The van der Waals surface area contributed by atoms with E-state index in [-0.39, 0.29) is 5.91 Å². The molecule has 0 aliphatic rings. The number of aryl methyl sites for hydroxylation is 2. The van der Waals surface area contributed by atoms with Gasteiger partial charge in [-0.2, -0.15) is 4.98 Å². The molecule has 0 aliphatic carbocycles. The molecule has 0 aromatic carbocycles. The Morgan fingerprint density at radius 3 is 2.84 bits per heavy atom. The molecule has 25 heavy (non-hydrogen) atoms. The van der Waals surface area contributed by atoms with Crippen molar-refractivity contribution in [2.75, 3.05) is 12.3 Å². The molecule has 0 aliphatic heterocycles. The van der Waals surface area contributed by atoms with E-state index in [9.17, 15) is 4.79 Å². The predicted molar refractivity (Wildman–Crippen MR) is 101 cm³/mol. The molecule has 0 fully saturated rings. The second-order valence-corrected chi connectivity index (χ2v) is 8.29. The number of amides is 1. The summed E-state index contributed by atoms with van der Waals surface area (Å²) >= 11 is 8.79. The van der Waals surface area contributed by atoms with E-state index in [1.807, 2.05) is 39.0 Å². The van der Waals surface area contributed by atoms with Crippen LogP contribution >= 0.6 is 34.7 Å². The molecule has 0 N–H and O–H groups in total. The molecule has 3 aromatic rings. The van der Waals surface area contributed by atoms with E-state index in [2.05, 4.69) is 15.1 Å². The Kier molecular flexibility index (Phi) is 5.61. The van der Waals surface area contributed by atoms with Gasteiger partial charge >= 0.3 is 0 Å². The number of carbonyl (C=O) groups excluding carboxylic acids is 1. The zero-order chi connectivity index (χ0) is 18.0. The van der Waals surface area contributed by atoms with Gasteiger partial charge in [0.15, 0.2) is 0 Å². The molecular weight excluding hydrogens is 378 g/mol. The minimum absolute atomic E-state index is 0.0525. The number of carbonyl (C=O) groups is 1. The van der Waals surface area contributed by atoms with E-state index >= 15 is 0 Å². The molecule has 0 saturated heterocycles. The lowest BCUT2D eigenvalue weighted by Crippen LogP contribution is -2.31. The molecule has 1 amide bonds. The van der Waals surface area contributed by atoms with Crippen LogP contribution in [0.3, 0.4) is 0 Å². The Balaban J connectivity index is 1.65. The van der Waals surface area contributed by atoms with Crippen LogP contribution in [0, 0.1) is 13.8 Å². The first-order chi connectivity index (χ1) is 12.0. The number of thiophene rings is 1. The summed E-state index contributed by atoms with van der Waals surface area (Å²) < 4.78 is 2.44. The van der Waals surface area contributed by atoms with Gasteiger partial charge in [-0.15, -0.1) is 16.4 Å². The Bertz CT molecular complexity index is 907. The molecule has 3 rings (SSSR count). The van der Waals surface area contributed by atoms with Crippen LogP contribution in [0.4, 0.5) is 0 Å². The van der Waals surface area contributed by atoms with Gasteiger partial charge in [-0.3, -0.25) is 4.79 Å². The van der Waals surface area contributed by atoms with Crippen molar-refractivity contribution < 1.29 is 4.79 Å². The highest BCUT2D eigenvalue weighted by atomic mass is 35.5. The highest BCUT2D eigenvalue weighted by Gasteiger charge is 2.16. The third-order valence-corrected chi connectivity index (χ3v) is 5.67. The third kappa shape index (κ3) is 4.31. The van der Waals surface area contributed by atoms with Crippen molar-refractivity contribution in [2.24, 2.45) is 0 Å². The highest BCUT2D eigenvalue weighted by molar-refractivity contribution is 7.99. The van der Waals surface area contributed by atoms with Gasteiger partial charge in [0, 0.05) is 22.8 Å². The molecule has 0 atom stereocenters. The van der Waals surface area contributed by atoms with Crippen LogP contribution in [-0.2, 0) is 11.3 Å². The maximum Gasteiger partial charge on any atom is 0.253 e. The summed E-state index contributed by atoms with van der Waals surface area (Å²) in [7, 11) is 0. The lowest BCUT2D eigenvalue weighted by molar-refractivity contribution is -0.128. The Morgan fingerprint density at radius 1 is 1.36 bits per heavy atom. The Morgan fingerprint density at radius 2 is 2.16 bits per heavy atom. The fraction of sp³-hybridized carbons (Fsp3) is 0.375. The van der Waals surface area contributed by atoms with Crippen molar-refractivity contribution in [2.45, 2.75) is 32.5 Å². The Labute approximate surface area is 159 Å². The van der Waals surface area contributed by atoms with E-state index in [1.165, 1.54) is 23.1 Å². The van der Waals surface area contributed by atoms with E-state index in [1.54, 1.807) is 9.42 Å². The van der Waals surface area contributed by atoms with Crippen LogP contribution in [0.5, 0.6) is 0 Å². The molecule has 0 bridgehead atoms. The van der Waals surface area contributed by atoms with Crippen LogP contribution < -0.4 is 0 Å². The lowest BCUT2D eigenvalue weighted by atomic mass is 10.4. The van der Waals surface area contributed by atoms with Gasteiger partial charge in [0.1, 0.15) is 0 Å². The SMILES string of the molecule is CCN(Cc1ccc(Cl)s1)C(=O)CSc1nc2nc(C)cc(C)n2n1. The summed E-state index contributed by atoms with van der Waals surface area (Å²) in [5, 5.41) is 4.98. The van der Waals surface area contributed by atoms with Crippen LogP contribution in [0.1, 0.15) is 23.2 Å². The number of hydrogen-bond donors (Lipinski definition) is 0. The van der Waals surface area contributed by atoms with Gasteiger partial charge in [-0.05, 0) is 39.0 Å². The number of nitrogens with zero attached hydrogens (tertiary/aromatic N) is 5. The first-order valence-electron chi connectivity index (χ1n) is 7.82. The summed E-state index contributed by atoms with van der Waals surface area (Å²) in [5.74, 6) is 0.909. The fourth-order valence-electron chi connectivity index (χ4n) is 2.43. The average Bonchev–Trinajstić information content (AvgIpc) is 3.16. The second kappa shape index (κ2) is 7.72. The summed E-state index contributed by atoms with van der Waals surface area (Å²) in [6.45, 7) is 7.07. The number of halogens is 1. The number of aromatic nitrogens is 4. The molecule has 3 heterocycles. The zero-order valence-electron chi connectivity index (χ0n) is 14.2. The van der Waals surface area contributed by atoms with Gasteiger partial charge in [-0.1, -0.05) is 23.4 Å².